The third-order valence-electron chi connectivity index (χ3n) is 3.33. The van der Waals surface area contributed by atoms with Crippen LogP contribution < -0.4 is 10.6 Å². The van der Waals surface area contributed by atoms with Gasteiger partial charge in [0.1, 0.15) is 0 Å². The van der Waals surface area contributed by atoms with Crippen molar-refractivity contribution in [3.63, 3.8) is 0 Å². The molecule has 2 heterocycles. The van der Waals surface area contributed by atoms with Gasteiger partial charge < -0.3 is 20.5 Å². The van der Waals surface area contributed by atoms with E-state index >= 15 is 0 Å². The van der Waals surface area contributed by atoms with Crippen LogP contribution in [0.15, 0.2) is 24.5 Å². The van der Waals surface area contributed by atoms with E-state index in [1.165, 1.54) is 0 Å². The molecule has 6 heteroatoms. The van der Waals surface area contributed by atoms with E-state index in [9.17, 15) is 4.79 Å². The first-order valence-electron chi connectivity index (χ1n) is 6.48. The van der Waals surface area contributed by atoms with Crippen molar-refractivity contribution in [3.8, 4) is 0 Å². The van der Waals surface area contributed by atoms with Crippen LogP contribution in [0.5, 0.6) is 0 Å². The molecule has 1 aliphatic rings. The summed E-state index contributed by atoms with van der Waals surface area (Å²) >= 11 is 0. The second-order valence-electron chi connectivity index (χ2n) is 4.65. The smallest absolute Gasteiger partial charge is 0.317 e. The Labute approximate surface area is 111 Å². The van der Waals surface area contributed by atoms with Gasteiger partial charge in [0.2, 0.25) is 0 Å². The van der Waals surface area contributed by atoms with Crippen molar-refractivity contribution in [1.29, 1.82) is 0 Å². The van der Waals surface area contributed by atoms with Crippen LogP contribution in [0.3, 0.4) is 0 Å². The van der Waals surface area contributed by atoms with Crippen molar-refractivity contribution in [2.45, 2.75) is 6.54 Å². The zero-order valence-corrected chi connectivity index (χ0v) is 10.6. The fourth-order valence-corrected chi connectivity index (χ4v) is 2.25. The molecule has 2 amide bonds. The number of nitrogens with zero attached hydrogens (tertiary/aromatic N) is 2. The van der Waals surface area contributed by atoms with Crippen molar-refractivity contribution in [3.05, 3.63) is 30.1 Å². The van der Waals surface area contributed by atoms with E-state index in [-0.39, 0.29) is 6.03 Å². The lowest BCUT2D eigenvalue weighted by Crippen LogP contribution is -2.50. The molecular formula is C13H17N5O. The lowest BCUT2D eigenvalue weighted by atomic mass is 10.2. The van der Waals surface area contributed by atoms with Crippen LogP contribution >= 0.6 is 0 Å². The summed E-state index contributed by atoms with van der Waals surface area (Å²) in [6.45, 7) is 3.82. The number of fused-ring (bicyclic) bond motifs is 1. The van der Waals surface area contributed by atoms with Crippen LogP contribution in [0.2, 0.25) is 0 Å². The summed E-state index contributed by atoms with van der Waals surface area (Å²) in [6.07, 6.45) is 1.67. The molecule has 2 aromatic rings. The highest BCUT2D eigenvalue weighted by atomic mass is 16.2. The molecule has 0 atom stereocenters. The summed E-state index contributed by atoms with van der Waals surface area (Å²) in [4.78, 5) is 21.0. The number of hydrogen-bond donors (Lipinski definition) is 3. The van der Waals surface area contributed by atoms with Gasteiger partial charge in [0.05, 0.1) is 17.4 Å². The van der Waals surface area contributed by atoms with Crippen molar-refractivity contribution in [2.24, 2.45) is 0 Å². The zero-order valence-electron chi connectivity index (χ0n) is 10.6. The normalized spacial score (nSPS) is 15.7. The molecule has 0 aliphatic carbocycles. The second kappa shape index (κ2) is 5.27. The molecule has 1 aliphatic heterocycles. The Morgan fingerprint density at radius 3 is 3.05 bits per heavy atom. The molecule has 0 bridgehead atoms. The van der Waals surface area contributed by atoms with E-state index in [4.69, 9.17) is 0 Å². The minimum atomic E-state index is 0.00575. The van der Waals surface area contributed by atoms with Gasteiger partial charge in [-0.2, -0.15) is 0 Å². The average Bonchev–Trinajstić information content (AvgIpc) is 2.93. The van der Waals surface area contributed by atoms with E-state index in [2.05, 4.69) is 20.6 Å². The van der Waals surface area contributed by atoms with E-state index in [1.807, 2.05) is 23.1 Å². The summed E-state index contributed by atoms with van der Waals surface area (Å²) in [5, 5.41) is 6.18. The maximum absolute atomic E-state index is 12.0. The number of carbonyl (C=O) groups excluding carboxylic acids is 1. The van der Waals surface area contributed by atoms with Crippen molar-refractivity contribution in [1.82, 2.24) is 25.5 Å². The Morgan fingerprint density at radius 1 is 1.37 bits per heavy atom. The van der Waals surface area contributed by atoms with E-state index in [0.717, 1.165) is 42.8 Å². The van der Waals surface area contributed by atoms with Crippen LogP contribution in [-0.2, 0) is 6.54 Å². The molecular weight excluding hydrogens is 242 g/mol. The lowest BCUT2D eigenvalue weighted by molar-refractivity contribution is 0.190. The highest BCUT2D eigenvalue weighted by Crippen LogP contribution is 2.11. The fraction of sp³-hybridized carbons (Fsp3) is 0.385. The third-order valence-corrected chi connectivity index (χ3v) is 3.33. The molecule has 1 aromatic heterocycles. The molecule has 3 rings (SSSR count). The Bertz CT molecular complexity index is 573. The molecule has 0 radical (unpaired) electrons. The van der Waals surface area contributed by atoms with Gasteiger partial charge in [0, 0.05) is 32.7 Å². The number of rotatable bonds is 2. The molecule has 0 spiro atoms. The summed E-state index contributed by atoms with van der Waals surface area (Å²) in [7, 11) is 0. The summed E-state index contributed by atoms with van der Waals surface area (Å²) in [6, 6.07) is 5.96. The standard InChI is InChI=1S/C13H17N5O/c19-13(18-5-3-14-4-6-18)15-8-10-1-2-11-12(7-10)17-9-16-11/h1-2,7,9,14H,3-6,8H2,(H,15,19)(H,16,17). The van der Waals surface area contributed by atoms with E-state index in [1.54, 1.807) is 6.33 Å². The number of aromatic nitrogens is 2. The van der Waals surface area contributed by atoms with Gasteiger partial charge in [0.25, 0.3) is 0 Å². The molecule has 3 N–H and O–H groups in total. The molecule has 19 heavy (non-hydrogen) atoms. The van der Waals surface area contributed by atoms with Crippen LogP contribution in [0, 0.1) is 0 Å². The highest BCUT2D eigenvalue weighted by Gasteiger charge is 2.15. The maximum atomic E-state index is 12.0. The van der Waals surface area contributed by atoms with Gasteiger partial charge in [-0.05, 0) is 17.7 Å². The van der Waals surface area contributed by atoms with Crippen LogP contribution in [-0.4, -0.2) is 47.1 Å². The molecule has 1 fully saturated rings. The molecule has 1 saturated heterocycles. The Morgan fingerprint density at radius 2 is 2.21 bits per heavy atom. The molecule has 1 aromatic carbocycles. The number of benzene rings is 1. The first kappa shape index (κ1) is 12.0. The summed E-state index contributed by atoms with van der Waals surface area (Å²) in [5.41, 5.74) is 3.01. The third kappa shape index (κ3) is 2.68. The Balaban J connectivity index is 1.60. The second-order valence-corrected chi connectivity index (χ2v) is 4.65. The molecule has 0 unspecified atom stereocenters. The predicted octanol–water partition coefficient (Wildman–Crippen LogP) is 0.678. The number of urea groups is 1. The number of nitrogens with one attached hydrogen (secondary N) is 3. The topological polar surface area (TPSA) is 73.0 Å². The van der Waals surface area contributed by atoms with Gasteiger partial charge >= 0.3 is 6.03 Å². The van der Waals surface area contributed by atoms with Crippen molar-refractivity contribution >= 4 is 17.1 Å². The van der Waals surface area contributed by atoms with E-state index < -0.39 is 0 Å². The predicted molar refractivity (Wildman–Crippen MR) is 72.8 cm³/mol. The lowest BCUT2D eigenvalue weighted by Gasteiger charge is -2.27. The molecule has 6 nitrogen and oxygen atoms in total. The zero-order chi connectivity index (χ0) is 13.1. The SMILES string of the molecule is O=C(NCc1ccc2nc[nH]c2c1)N1CCNCC1. The summed E-state index contributed by atoms with van der Waals surface area (Å²) < 4.78 is 0. The minimum Gasteiger partial charge on any atom is -0.345 e. The summed E-state index contributed by atoms with van der Waals surface area (Å²) in [5.74, 6) is 0. The number of H-pyrrole nitrogens is 1. The van der Waals surface area contributed by atoms with Gasteiger partial charge in [-0.3, -0.25) is 0 Å². The van der Waals surface area contributed by atoms with Crippen LogP contribution in [0.4, 0.5) is 4.79 Å². The Hall–Kier alpha value is -2.08. The maximum Gasteiger partial charge on any atom is 0.317 e. The van der Waals surface area contributed by atoms with Crippen LogP contribution in [0.25, 0.3) is 11.0 Å². The molecule has 100 valence electrons. The van der Waals surface area contributed by atoms with Gasteiger partial charge in [-0.15, -0.1) is 0 Å². The Kier molecular flexibility index (Phi) is 3.33. The minimum absolute atomic E-state index is 0.00575. The first-order valence-corrected chi connectivity index (χ1v) is 6.48. The van der Waals surface area contributed by atoms with E-state index in [0.29, 0.717) is 6.54 Å². The highest BCUT2D eigenvalue weighted by molar-refractivity contribution is 5.76. The van der Waals surface area contributed by atoms with Gasteiger partial charge in [-0.25, -0.2) is 9.78 Å². The average molecular weight is 259 g/mol. The number of aromatic amines is 1. The number of amides is 2. The number of hydrogen-bond acceptors (Lipinski definition) is 3. The van der Waals surface area contributed by atoms with Crippen molar-refractivity contribution in [2.75, 3.05) is 26.2 Å². The van der Waals surface area contributed by atoms with Gasteiger partial charge in [0.15, 0.2) is 0 Å². The fourth-order valence-electron chi connectivity index (χ4n) is 2.25. The largest absolute Gasteiger partial charge is 0.345 e. The number of imidazole rings is 1. The first-order chi connectivity index (χ1) is 9.33. The molecule has 0 saturated carbocycles. The number of carbonyl (C=O) groups is 1. The quantitative estimate of drug-likeness (QED) is 0.742. The van der Waals surface area contributed by atoms with Gasteiger partial charge in [-0.1, -0.05) is 6.07 Å². The van der Waals surface area contributed by atoms with Crippen molar-refractivity contribution < 1.29 is 4.79 Å². The monoisotopic (exact) mass is 259 g/mol. The van der Waals surface area contributed by atoms with Crippen LogP contribution in [0.1, 0.15) is 5.56 Å². The number of piperazine rings is 1.